The maximum absolute atomic E-state index is 12.1. The van der Waals surface area contributed by atoms with Crippen LogP contribution in [-0.4, -0.2) is 17.3 Å². The van der Waals surface area contributed by atoms with Gasteiger partial charge in [0.25, 0.3) is 0 Å². The third kappa shape index (κ3) is 5.12. The second kappa shape index (κ2) is 6.83. The lowest BCUT2D eigenvalue weighted by Crippen LogP contribution is -2.21. The Hall–Kier alpha value is -0.970. The molecular formula is C13H21F3N2. The average Bonchev–Trinajstić information content (AvgIpc) is 2.75. The zero-order chi connectivity index (χ0) is 13.6. The minimum atomic E-state index is -4.09. The summed E-state index contributed by atoms with van der Waals surface area (Å²) in [4.78, 5) is 0. The smallest absolute Gasteiger partial charge is 0.354 e. The molecular weight excluding hydrogens is 241 g/mol. The van der Waals surface area contributed by atoms with Gasteiger partial charge >= 0.3 is 6.18 Å². The van der Waals surface area contributed by atoms with Crippen molar-refractivity contribution in [3.8, 4) is 0 Å². The van der Waals surface area contributed by atoms with Crippen LogP contribution in [0.15, 0.2) is 18.5 Å². The van der Waals surface area contributed by atoms with Gasteiger partial charge in [-0.05, 0) is 31.0 Å². The van der Waals surface area contributed by atoms with Crippen LogP contribution in [0.4, 0.5) is 13.2 Å². The van der Waals surface area contributed by atoms with Gasteiger partial charge in [-0.3, -0.25) is 0 Å². The van der Waals surface area contributed by atoms with E-state index in [1.165, 1.54) is 0 Å². The lowest BCUT2D eigenvalue weighted by atomic mass is 10.1. The van der Waals surface area contributed by atoms with Crippen molar-refractivity contribution in [3.05, 3.63) is 24.0 Å². The van der Waals surface area contributed by atoms with Crippen LogP contribution in [0.1, 0.15) is 44.7 Å². The second-order valence-electron chi connectivity index (χ2n) is 4.46. The summed E-state index contributed by atoms with van der Waals surface area (Å²) in [5.41, 5.74) is 1.06. The summed E-state index contributed by atoms with van der Waals surface area (Å²) in [6.07, 6.45) is 0.643. The maximum Gasteiger partial charge on any atom is 0.390 e. The minimum absolute atomic E-state index is 0.00624. The van der Waals surface area contributed by atoms with Gasteiger partial charge in [0.1, 0.15) is 0 Å². The standard InChI is InChI=1S/C13H21F3N2/c1-3-7-17-12(4-2)11-5-8-18(10-11)9-6-13(14,15)16/h5,8,10,12,17H,3-4,6-7,9H2,1-2H3. The first-order valence-electron chi connectivity index (χ1n) is 6.42. The van der Waals surface area contributed by atoms with Gasteiger partial charge in [0.05, 0.1) is 6.42 Å². The summed E-state index contributed by atoms with van der Waals surface area (Å²) in [5, 5.41) is 3.39. The lowest BCUT2D eigenvalue weighted by Gasteiger charge is -2.15. The number of rotatable bonds is 7. The minimum Gasteiger partial charge on any atom is -0.354 e. The molecule has 0 aromatic carbocycles. The summed E-state index contributed by atoms with van der Waals surface area (Å²) in [6.45, 7) is 5.08. The van der Waals surface area contributed by atoms with Crippen molar-refractivity contribution in [1.82, 2.24) is 9.88 Å². The largest absolute Gasteiger partial charge is 0.390 e. The zero-order valence-electron chi connectivity index (χ0n) is 10.9. The highest BCUT2D eigenvalue weighted by Crippen LogP contribution is 2.22. The second-order valence-corrected chi connectivity index (χ2v) is 4.46. The summed E-state index contributed by atoms with van der Waals surface area (Å²) in [7, 11) is 0. The highest BCUT2D eigenvalue weighted by molar-refractivity contribution is 5.15. The maximum atomic E-state index is 12.1. The number of halogens is 3. The van der Waals surface area contributed by atoms with E-state index in [0.717, 1.165) is 24.9 Å². The molecule has 0 aliphatic carbocycles. The molecule has 0 bridgehead atoms. The number of nitrogens with one attached hydrogen (secondary N) is 1. The molecule has 2 nitrogen and oxygen atoms in total. The highest BCUT2D eigenvalue weighted by Gasteiger charge is 2.26. The Kier molecular flexibility index (Phi) is 5.72. The molecule has 0 aliphatic rings. The Labute approximate surface area is 106 Å². The van der Waals surface area contributed by atoms with E-state index in [1.807, 2.05) is 12.3 Å². The van der Waals surface area contributed by atoms with E-state index in [4.69, 9.17) is 0 Å². The highest BCUT2D eigenvalue weighted by atomic mass is 19.4. The van der Waals surface area contributed by atoms with E-state index >= 15 is 0 Å². The van der Waals surface area contributed by atoms with Crippen LogP contribution in [-0.2, 0) is 6.54 Å². The molecule has 104 valence electrons. The molecule has 1 aromatic heterocycles. The Morgan fingerprint density at radius 3 is 2.61 bits per heavy atom. The Bertz CT molecular complexity index is 344. The van der Waals surface area contributed by atoms with Crippen LogP contribution in [0.2, 0.25) is 0 Å². The Balaban J connectivity index is 2.55. The molecule has 1 unspecified atom stereocenters. The SMILES string of the molecule is CCCNC(CC)c1ccn(CCC(F)(F)F)c1. The van der Waals surface area contributed by atoms with Crippen molar-refractivity contribution in [2.24, 2.45) is 0 Å². The monoisotopic (exact) mass is 262 g/mol. The molecule has 1 aromatic rings. The molecule has 0 spiro atoms. The van der Waals surface area contributed by atoms with Gasteiger partial charge in [-0.2, -0.15) is 13.2 Å². The van der Waals surface area contributed by atoms with E-state index in [2.05, 4.69) is 19.2 Å². The summed E-state index contributed by atoms with van der Waals surface area (Å²) in [5.74, 6) is 0. The molecule has 0 radical (unpaired) electrons. The third-order valence-corrected chi connectivity index (χ3v) is 2.88. The fourth-order valence-electron chi connectivity index (χ4n) is 1.88. The van der Waals surface area contributed by atoms with Gasteiger partial charge in [0.15, 0.2) is 0 Å². The van der Waals surface area contributed by atoms with Gasteiger partial charge in [0, 0.05) is 25.0 Å². The lowest BCUT2D eigenvalue weighted by molar-refractivity contribution is -0.136. The normalized spacial score (nSPS) is 13.8. The molecule has 1 N–H and O–H groups in total. The van der Waals surface area contributed by atoms with Crippen LogP contribution in [0.5, 0.6) is 0 Å². The van der Waals surface area contributed by atoms with E-state index in [0.29, 0.717) is 0 Å². The average molecular weight is 262 g/mol. The first-order chi connectivity index (χ1) is 8.46. The number of hydrogen-bond acceptors (Lipinski definition) is 1. The summed E-state index contributed by atoms with van der Waals surface area (Å²) >= 11 is 0. The van der Waals surface area contributed by atoms with Crippen LogP contribution in [0.25, 0.3) is 0 Å². The quantitative estimate of drug-likeness (QED) is 0.788. The number of aromatic nitrogens is 1. The predicted molar refractivity (Wildman–Crippen MR) is 66.4 cm³/mol. The number of aryl methyl sites for hydroxylation is 1. The van der Waals surface area contributed by atoms with E-state index in [-0.39, 0.29) is 12.6 Å². The van der Waals surface area contributed by atoms with Crippen LogP contribution >= 0.6 is 0 Å². The summed E-state index contributed by atoms with van der Waals surface area (Å²) < 4.78 is 38.0. The predicted octanol–water partition coefficient (Wildman–Crippen LogP) is 3.89. The molecule has 0 aliphatic heterocycles. The third-order valence-electron chi connectivity index (χ3n) is 2.88. The van der Waals surface area contributed by atoms with Crippen LogP contribution < -0.4 is 5.32 Å². The molecule has 1 atom stereocenters. The van der Waals surface area contributed by atoms with Gasteiger partial charge in [-0.25, -0.2) is 0 Å². The molecule has 0 fully saturated rings. The Morgan fingerprint density at radius 2 is 2.06 bits per heavy atom. The number of alkyl halides is 3. The molecule has 0 saturated heterocycles. The van der Waals surface area contributed by atoms with Crippen molar-refractivity contribution in [1.29, 1.82) is 0 Å². The van der Waals surface area contributed by atoms with Crippen molar-refractivity contribution >= 4 is 0 Å². The Morgan fingerprint density at radius 1 is 1.33 bits per heavy atom. The molecule has 18 heavy (non-hydrogen) atoms. The van der Waals surface area contributed by atoms with Crippen molar-refractivity contribution in [2.75, 3.05) is 6.54 Å². The molecule has 1 rings (SSSR count). The number of nitrogens with zero attached hydrogens (tertiary/aromatic N) is 1. The fourth-order valence-corrected chi connectivity index (χ4v) is 1.88. The first kappa shape index (κ1) is 15.1. The van der Waals surface area contributed by atoms with Gasteiger partial charge in [-0.1, -0.05) is 13.8 Å². The van der Waals surface area contributed by atoms with Crippen LogP contribution in [0.3, 0.4) is 0 Å². The van der Waals surface area contributed by atoms with Crippen molar-refractivity contribution in [2.45, 2.75) is 51.9 Å². The summed E-state index contributed by atoms with van der Waals surface area (Å²) in [6, 6.07) is 2.13. The fraction of sp³-hybridized carbons (Fsp3) is 0.692. The molecule has 1 heterocycles. The van der Waals surface area contributed by atoms with E-state index < -0.39 is 12.6 Å². The molecule has 0 amide bonds. The first-order valence-corrected chi connectivity index (χ1v) is 6.42. The van der Waals surface area contributed by atoms with Crippen molar-refractivity contribution in [3.63, 3.8) is 0 Å². The van der Waals surface area contributed by atoms with E-state index in [1.54, 1.807) is 10.8 Å². The van der Waals surface area contributed by atoms with Crippen molar-refractivity contribution < 1.29 is 13.2 Å². The zero-order valence-corrected chi connectivity index (χ0v) is 10.9. The molecule has 0 saturated carbocycles. The van der Waals surface area contributed by atoms with Gasteiger partial charge in [-0.15, -0.1) is 0 Å². The van der Waals surface area contributed by atoms with Gasteiger partial charge in [0.2, 0.25) is 0 Å². The van der Waals surface area contributed by atoms with E-state index in [9.17, 15) is 13.2 Å². The molecule has 5 heteroatoms. The van der Waals surface area contributed by atoms with Gasteiger partial charge < -0.3 is 9.88 Å². The topological polar surface area (TPSA) is 17.0 Å². The van der Waals surface area contributed by atoms with Crippen LogP contribution in [0, 0.1) is 0 Å². The number of hydrogen-bond donors (Lipinski definition) is 1.